The lowest BCUT2D eigenvalue weighted by Gasteiger charge is -2.35. The van der Waals surface area contributed by atoms with Gasteiger partial charge in [0.25, 0.3) is 0 Å². The first-order valence-corrected chi connectivity index (χ1v) is 6.70. The maximum absolute atomic E-state index is 13.3. The number of hydrogen-bond acceptors (Lipinski definition) is 3. The van der Waals surface area contributed by atoms with Crippen molar-refractivity contribution in [2.45, 2.75) is 38.1 Å². The standard InChI is InChI=1S/C14H19F3N2O/c1-2-11(18)13(14(15,16)17)19-7-8-20-12-6-4-3-5-10(12)9-19/h3-6,11,13H,2,7-9,18H2,1H3. The highest BCUT2D eigenvalue weighted by Gasteiger charge is 2.47. The topological polar surface area (TPSA) is 38.5 Å². The van der Waals surface area contributed by atoms with Gasteiger partial charge in [0.05, 0.1) is 0 Å². The Hall–Kier alpha value is -1.27. The molecule has 3 nitrogen and oxygen atoms in total. The number of benzene rings is 1. The Bertz CT molecular complexity index is 450. The molecular weight excluding hydrogens is 269 g/mol. The van der Waals surface area contributed by atoms with Gasteiger partial charge in [0.15, 0.2) is 0 Å². The van der Waals surface area contributed by atoms with E-state index in [1.165, 1.54) is 4.90 Å². The molecule has 1 heterocycles. The van der Waals surface area contributed by atoms with E-state index < -0.39 is 18.3 Å². The largest absolute Gasteiger partial charge is 0.492 e. The number of ether oxygens (including phenoxy) is 1. The molecule has 2 unspecified atom stereocenters. The molecule has 1 aliphatic rings. The minimum atomic E-state index is -4.34. The van der Waals surface area contributed by atoms with Crippen molar-refractivity contribution >= 4 is 0 Å². The predicted octanol–water partition coefficient (Wildman–Crippen LogP) is 2.55. The normalized spacial score (nSPS) is 19.6. The van der Waals surface area contributed by atoms with Crippen molar-refractivity contribution in [3.63, 3.8) is 0 Å². The Kier molecular flexibility index (Phi) is 4.55. The molecule has 0 bridgehead atoms. The summed E-state index contributed by atoms with van der Waals surface area (Å²) in [5, 5.41) is 0. The van der Waals surface area contributed by atoms with E-state index in [0.29, 0.717) is 5.75 Å². The number of nitrogens with zero attached hydrogens (tertiary/aromatic N) is 1. The minimum Gasteiger partial charge on any atom is -0.492 e. The highest BCUT2D eigenvalue weighted by molar-refractivity contribution is 5.33. The van der Waals surface area contributed by atoms with Crippen LogP contribution in [0, 0.1) is 0 Å². The summed E-state index contributed by atoms with van der Waals surface area (Å²) >= 11 is 0. The van der Waals surface area contributed by atoms with Gasteiger partial charge in [-0.1, -0.05) is 25.1 Å². The van der Waals surface area contributed by atoms with Crippen molar-refractivity contribution in [1.82, 2.24) is 4.90 Å². The van der Waals surface area contributed by atoms with Crippen LogP contribution in [0.5, 0.6) is 5.75 Å². The van der Waals surface area contributed by atoms with Crippen molar-refractivity contribution in [3.8, 4) is 5.75 Å². The van der Waals surface area contributed by atoms with E-state index in [1.54, 1.807) is 25.1 Å². The van der Waals surface area contributed by atoms with Crippen LogP contribution in [0.25, 0.3) is 0 Å². The fourth-order valence-electron chi connectivity index (χ4n) is 2.53. The second-order valence-corrected chi connectivity index (χ2v) is 4.99. The number of rotatable bonds is 3. The second-order valence-electron chi connectivity index (χ2n) is 4.99. The van der Waals surface area contributed by atoms with Crippen LogP contribution in [-0.4, -0.2) is 36.3 Å². The van der Waals surface area contributed by atoms with Gasteiger partial charge in [0, 0.05) is 24.7 Å². The molecule has 1 aliphatic heterocycles. The van der Waals surface area contributed by atoms with Crippen LogP contribution in [0.4, 0.5) is 13.2 Å². The van der Waals surface area contributed by atoms with Gasteiger partial charge in [0.1, 0.15) is 18.4 Å². The fraction of sp³-hybridized carbons (Fsp3) is 0.571. The lowest BCUT2D eigenvalue weighted by molar-refractivity contribution is -0.191. The van der Waals surface area contributed by atoms with Crippen LogP contribution < -0.4 is 10.5 Å². The zero-order chi connectivity index (χ0) is 14.8. The SMILES string of the molecule is CCC(N)C(N1CCOc2ccccc2C1)C(F)(F)F. The molecule has 0 saturated carbocycles. The van der Waals surface area contributed by atoms with Crippen LogP contribution in [0.15, 0.2) is 24.3 Å². The number of halogens is 3. The predicted molar refractivity (Wildman–Crippen MR) is 70.5 cm³/mol. The van der Waals surface area contributed by atoms with E-state index in [9.17, 15) is 13.2 Å². The minimum absolute atomic E-state index is 0.202. The molecule has 0 aliphatic carbocycles. The summed E-state index contributed by atoms with van der Waals surface area (Å²) in [5.41, 5.74) is 6.47. The Morgan fingerprint density at radius 1 is 1.35 bits per heavy atom. The maximum atomic E-state index is 13.3. The number of para-hydroxylation sites is 1. The lowest BCUT2D eigenvalue weighted by Crippen LogP contribution is -2.56. The van der Waals surface area contributed by atoms with Gasteiger partial charge in [-0.25, -0.2) is 0 Å². The average Bonchev–Trinajstić information content (AvgIpc) is 2.59. The molecule has 0 spiro atoms. The van der Waals surface area contributed by atoms with E-state index >= 15 is 0 Å². The molecule has 112 valence electrons. The van der Waals surface area contributed by atoms with Crippen molar-refractivity contribution in [2.24, 2.45) is 5.73 Å². The van der Waals surface area contributed by atoms with Gasteiger partial charge in [-0.15, -0.1) is 0 Å². The van der Waals surface area contributed by atoms with Crippen molar-refractivity contribution in [2.75, 3.05) is 13.2 Å². The summed E-state index contributed by atoms with van der Waals surface area (Å²) in [7, 11) is 0. The maximum Gasteiger partial charge on any atom is 0.405 e. The van der Waals surface area contributed by atoms with Gasteiger partial charge in [0.2, 0.25) is 0 Å². The number of nitrogens with two attached hydrogens (primary N) is 1. The average molecular weight is 288 g/mol. The Balaban J connectivity index is 2.26. The molecule has 2 N–H and O–H groups in total. The lowest BCUT2D eigenvalue weighted by atomic mass is 10.0. The summed E-state index contributed by atoms with van der Waals surface area (Å²) in [5.74, 6) is 0.654. The van der Waals surface area contributed by atoms with Gasteiger partial charge in [-0.2, -0.15) is 13.2 Å². The number of fused-ring (bicyclic) bond motifs is 1. The van der Waals surface area contributed by atoms with Gasteiger partial charge < -0.3 is 10.5 Å². The molecule has 0 radical (unpaired) electrons. The molecule has 0 aromatic heterocycles. The van der Waals surface area contributed by atoms with Crippen molar-refractivity contribution in [1.29, 1.82) is 0 Å². The monoisotopic (exact) mass is 288 g/mol. The smallest absolute Gasteiger partial charge is 0.405 e. The molecule has 6 heteroatoms. The van der Waals surface area contributed by atoms with Crippen LogP contribution in [0.1, 0.15) is 18.9 Å². The zero-order valence-corrected chi connectivity index (χ0v) is 11.4. The highest BCUT2D eigenvalue weighted by atomic mass is 19.4. The van der Waals surface area contributed by atoms with E-state index in [1.807, 2.05) is 6.07 Å². The van der Waals surface area contributed by atoms with E-state index in [4.69, 9.17) is 10.5 Å². The number of alkyl halides is 3. The van der Waals surface area contributed by atoms with Crippen molar-refractivity contribution < 1.29 is 17.9 Å². The van der Waals surface area contributed by atoms with E-state index in [0.717, 1.165) is 5.56 Å². The van der Waals surface area contributed by atoms with Crippen LogP contribution >= 0.6 is 0 Å². The van der Waals surface area contributed by atoms with Crippen LogP contribution in [0.2, 0.25) is 0 Å². The third-order valence-corrected chi connectivity index (χ3v) is 3.59. The van der Waals surface area contributed by atoms with Crippen molar-refractivity contribution in [3.05, 3.63) is 29.8 Å². The Labute approximate surface area is 116 Å². The first-order chi connectivity index (χ1) is 9.43. The molecule has 0 fully saturated rings. The third kappa shape index (κ3) is 3.24. The molecule has 2 rings (SSSR count). The molecule has 1 aromatic carbocycles. The van der Waals surface area contributed by atoms with Gasteiger partial charge >= 0.3 is 6.18 Å². The van der Waals surface area contributed by atoms with Gasteiger partial charge in [-0.05, 0) is 12.5 Å². The molecule has 0 saturated heterocycles. The van der Waals surface area contributed by atoms with E-state index in [-0.39, 0.29) is 26.1 Å². The van der Waals surface area contributed by atoms with Crippen LogP contribution in [0.3, 0.4) is 0 Å². The Morgan fingerprint density at radius 3 is 2.70 bits per heavy atom. The second kappa shape index (κ2) is 6.01. The summed E-state index contributed by atoms with van der Waals surface area (Å²) in [6.07, 6.45) is -4.06. The molecular formula is C14H19F3N2O. The Morgan fingerprint density at radius 2 is 2.05 bits per heavy atom. The molecule has 1 aromatic rings. The highest BCUT2D eigenvalue weighted by Crippen LogP contribution is 2.31. The summed E-state index contributed by atoms with van der Waals surface area (Å²) in [6.45, 7) is 2.33. The van der Waals surface area contributed by atoms with Gasteiger partial charge in [-0.3, -0.25) is 4.90 Å². The summed E-state index contributed by atoms with van der Waals surface area (Å²) in [4.78, 5) is 1.38. The molecule has 20 heavy (non-hydrogen) atoms. The number of hydrogen-bond donors (Lipinski definition) is 1. The van der Waals surface area contributed by atoms with E-state index in [2.05, 4.69) is 0 Å². The quantitative estimate of drug-likeness (QED) is 0.929. The molecule has 0 amide bonds. The fourth-order valence-corrected chi connectivity index (χ4v) is 2.53. The summed E-state index contributed by atoms with van der Waals surface area (Å²) in [6, 6.07) is 4.61. The third-order valence-electron chi connectivity index (χ3n) is 3.59. The first kappa shape index (κ1) is 15.1. The summed E-state index contributed by atoms with van der Waals surface area (Å²) < 4.78 is 45.4. The zero-order valence-electron chi connectivity index (χ0n) is 11.4. The molecule has 2 atom stereocenters. The first-order valence-electron chi connectivity index (χ1n) is 6.70. The van der Waals surface area contributed by atoms with Crippen LogP contribution in [-0.2, 0) is 6.54 Å².